The molecule has 1 atom stereocenters. The van der Waals surface area contributed by atoms with Crippen molar-refractivity contribution in [1.82, 2.24) is 0 Å². The summed E-state index contributed by atoms with van der Waals surface area (Å²) in [6.45, 7) is 1.59. The van der Waals surface area contributed by atoms with Crippen LogP contribution < -0.4 is 5.73 Å². The fraction of sp³-hybridized carbons (Fsp3) is 0.222. The Bertz CT molecular complexity index is 985. The summed E-state index contributed by atoms with van der Waals surface area (Å²) in [7, 11) is 0. The molecular weight excluding hydrogens is 423 g/mol. The molecule has 2 aromatic carbocycles. The Morgan fingerprint density at radius 3 is 2.32 bits per heavy atom. The number of carbonyl (C=O) groups is 1. The van der Waals surface area contributed by atoms with E-state index in [-0.39, 0.29) is 11.3 Å². The van der Waals surface area contributed by atoms with Gasteiger partial charge >= 0.3 is 6.18 Å². The van der Waals surface area contributed by atoms with E-state index >= 15 is 0 Å². The van der Waals surface area contributed by atoms with Gasteiger partial charge in [0.25, 0.3) is 5.60 Å². The molecule has 2 aromatic rings. The monoisotopic (exact) mass is 434 g/mol. The summed E-state index contributed by atoms with van der Waals surface area (Å²) < 4.78 is 55.5. The Morgan fingerprint density at radius 2 is 1.82 bits per heavy atom. The number of halogens is 6. The molecule has 0 spiro atoms. The lowest BCUT2D eigenvalue weighted by atomic mass is 9.86. The first-order valence-electron chi connectivity index (χ1n) is 7.84. The highest BCUT2D eigenvalue weighted by molar-refractivity contribution is 6.35. The number of carbonyl (C=O) groups excluding carboxylic acids is 1. The Kier molecular flexibility index (Phi) is 5.05. The first kappa shape index (κ1) is 20.4. The first-order valence-corrected chi connectivity index (χ1v) is 8.59. The third-order valence-corrected chi connectivity index (χ3v) is 5.01. The summed E-state index contributed by atoms with van der Waals surface area (Å²) in [4.78, 5) is 16.2. The second-order valence-corrected chi connectivity index (χ2v) is 7.09. The van der Waals surface area contributed by atoms with Crippen molar-refractivity contribution in [3.8, 4) is 0 Å². The van der Waals surface area contributed by atoms with Gasteiger partial charge in [0, 0.05) is 17.5 Å². The van der Waals surface area contributed by atoms with E-state index in [1.807, 2.05) is 0 Å². The van der Waals surface area contributed by atoms with Gasteiger partial charge in [-0.05, 0) is 42.3 Å². The van der Waals surface area contributed by atoms with Gasteiger partial charge in [-0.1, -0.05) is 34.4 Å². The number of oxime groups is 1. The van der Waals surface area contributed by atoms with Gasteiger partial charge in [-0.25, -0.2) is 4.39 Å². The molecule has 148 valence electrons. The van der Waals surface area contributed by atoms with Gasteiger partial charge in [0.2, 0.25) is 5.91 Å². The zero-order valence-corrected chi connectivity index (χ0v) is 15.7. The van der Waals surface area contributed by atoms with Gasteiger partial charge in [0.1, 0.15) is 0 Å². The lowest BCUT2D eigenvalue weighted by Crippen LogP contribution is -2.42. The highest BCUT2D eigenvalue weighted by atomic mass is 35.5. The minimum atomic E-state index is -4.90. The van der Waals surface area contributed by atoms with Crippen molar-refractivity contribution < 1.29 is 27.2 Å². The predicted octanol–water partition coefficient (Wildman–Crippen LogP) is 5.12. The number of rotatable bonds is 3. The molecule has 0 aromatic heterocycles. The van der Waals surface area contributed by atoms with Crippen molar-refractivity contribution in [3.63, 3.8) is 0 Å². The van der Waals surface area contributed by atoms with Gasteiger partial charge in [0.15, 0.2) is 5.82 Å². The van der Waals surface area contributed by atoms with Crippen molar-refractivity contribution in [2.75, 3.05) is 0 Å². The summed E-state index contributed by atoms with van der Waals surface area (Å²) in [5.74, 6) is -1.69. The summed E-state index contributed by atoms with van der Waals surface area (Å²) in [6.07, 6.45) is -5.59. The quantitative estimate of drug-likeness (QED) is 0.537. The lowest BCUT2D eigenvalue weighted by Gasteiger charge is -2.29. The number of amides is 1. The minimum absolute atomic E-state index is 0.00647. The van der Waals surface area contributed by atoms with Crippen LogP contribution in [0.3, 0.4) is 0 Å². The summed E-state index contributed by atoms with van der Waals surface area (Å²) >= 11 is 11.3. The number of hydrogen-bond acceptors (Lipinski definition) is 3. The third kappa shape index (κ3) is 3.31. The van der Waals surface area contributed by atoms with E-state index in [1.165, 1.54) is 18.2 Å². The average Bonchev–Trinajstić information content (AvgIpc) is 3.05. The average molecular weight is 435 g/mol. The number of hydrogen-bond donors (Lipinski definition) is 1. The molecule has 1 heterocycles. The van der Waals surface area contributed by atoms with Crippen LogP contribution in [0.4, 0.5) is 17.6 Å². The van der Waals surface area contributed by atoms with Crippen LogP contribution in [0.2, 0.25) is 10.0 Å². The van der Waals surface area contributed by atoms with Crippen molar-refractivity contribution in [1.29, 1.82) is 0 Å². The van der Waals surface area contributed by atoms with E-state index in [0.29, 0.717) is 11.1 Å². The van der Waals surface area contributed by atoms with Crippen molar-refractivity contribution in [3.05, 3.63) is 68.4 Å². The van der Waals surface area contributed by atoms with Gasteiger partial charge in [-0.3, -0.25) is 4.79 Å². The number of nitrogens with two attached hydrogens (primary N) is 1. The molecule has 0 unspecified atom stereocenters. The van der Waals surface area contributed by atoms with Crippen LogP contribution in [-0.2, 0) is 10.4 Å². The lowest BCUT2D eigenvalue weighted by molar-refractivity contribution is -0.275. The first-order chi connectivity index (χ1) is 13.0. The van der Waals surface area contributed by atoms with E-state index in [4.69, 9.17) is 33.8 Å². The van der Waals surface area contributed by atoms with Crippen molar-refractivity contribution >= 4 is 34.8 Å². The van der Waals surface area contributed by atoms with Gasteiger partial charge in [0.05, 0.1) is 15.8 Å². The molecule has 0 radical (unpaired) electrons. The highest BCUT2D eigenvalue weighted by Gasteiger charge is 2.62. The summed E-state index contributed by atoms with van der Waals surface area (Å²) in [5.41, 5.74) is 2.93. The minimum Gasteiger partial charge on any atom is -0.374 e. The zero-order valence-electron chi connectivity index (χ0n) is 14.2. The van der Waals surface area contributed by atoms with E-state index in [1.54, 1.807) is 6.92 Å². The SMILES string of the molecule is Cc1cc(C2=NO[C@@](c3cc(Cl)c(F)c(Cl)c3)(C(F)(F)F)C2)ccc1C(N)=O. The molecule has 1 amide bonds. The Morgan fingerprint density at radius 1 is 1.21 bits per heavy atom. The molecule has 2 N–H and O–H groups in total. The fourth-order valence-electron chi connectivity index (χ4n) is 2.97. The van der Waals surface area contributed by atoms with Crippen LogP contribution in [0.5, 0.6) is 0 Å². The van der Waals surface area contributed by atoms with Gasteiger partial charge in [-0.2, -0.15) is 13.2 Å². The maximum absolute atomic E-state index is 14.0. The maximum Gasteiger partial charge on any atom is 0.435 e. The largest absolute Gasteiger partial charge is 0.435 e. The predicted molar refractivity (Wildman–Crippen MR) is 96.1 cm³/mol. The van der Waals surface area contributed by atoms with Crippen LogP contribution >= 0.6 is 23.2 Å². The van der Waals surface area contributed by atoms with Crippen LogP contribution in [0.25, 0.3) is 0 Å². The molecule has 3 rings (SSSR count). The van der Waals surface area contributed by atoms with E-state index in [2.05, 4.69) is 5.16 Å². The third-order valence-electron chi connectivity index (χ3n) is 4.46. The Balaban J connectivity index is 2.04. The molecule has 0 bridgehead atoms. The van der Waals surface area contributed by atoms with Gasteiger partial charge in [-0.15, -0.1) is 0 Å². The van der Waals surface area contributed by atoms with Crippen molar-refractivity contribution in [2.24, 2.45) is 10.9 Å². The molecule has 10 heteroatoms. The molecule has 0 saturated heterocycles. The highest BCUT2D eigenvalue weighted by Crippen LogP contribution is 2.50. The van der Waals surface area contributed by atoms with E-state index in [9.17, 15) is 22.4 Å². The molecular formula is C18H12Cl2F4N2O2. The molecule has 1 aliphatic heterocycles. The molecule has 4 nitrogen and oxygen atoms in total. The number of primary amides is 1. The standard InChI is InChI=1S/C18H12Cl2F4N2O2/c1-8-4-9(2-3-11(8)16(25)27)14-7-17(28-26-14,18(22,23)24)10-5-12(19)15(21)13(20)6-10/h2-6H,7H2,1H3,(H2,25,27)/t17-/m0/s1. The van der Waals surface area contributed by atoms with Crippen LogP contribution in [0.1, 0.15) is 33.5 Å². The Labute approximate surface area is 166 Å². The molecule has 0 aliphatic carbocycles. The van der Waals surface area contributed by atoms with E-state index in [0.717, 1.165) is 12.1 Å². The second kappa shape index (κ2) is 6.93. The number of benzene rings is 2. The normalized spacial score (nSPS) is 19.3. The van der Waals surface area contributed by atoms with E-state index < -0.39 is 45.5 Å². The molecule has 0 fully saturated rings. The molecule has 1 aliphatic rings. The topological polar surface area (TPSA) is 64.7 Å². The zero-order chi connectivity index (χ0) is 20.9. The molecule has 28 heavy (non-hydrogen) atoms. The summed E-state index contributed by atoms with van der Waals surface area (Å²) in [5, 5.41) is 2.47. The maximum atomic E-state index is 14.0. The van der Waals surface area contributed by atoms with Gasteiger partial charge < -0.3 is 10.6 Å². The Hall–Kier alpha value is -2.32. The van der Waals surface area contributed by atoms with Crippen LogP contribution in [-0.4, -0.2) is 17.8 Å². The second-order valence-electron chi connectivity index (χ2n) is 6.28. The number of aryl methyl sites for hydroxylation is 1. The fourth-order valence-corrected chi connectivity index (χ4v) is 3.45. The van der Waals surface area contributed by atoms with Crippen LogP contribution in [0, 0.1) is 12.7 Å². The smallest absolute Gasteiger partial charge is 0.374 e. The summed E-state index contributed by atoms with van der Waals surface area (Å²) in [6, 6.07) is 5.94. The van der Waals surface area contributed by atoms with Crippen LogP contribution in [0.15, 0.2) is 35.5 Å². The number of nitrogens with zero attached hydrogens (tertiary/aromatic N) is 1. The van der Waals surface area contributed by atoms with Crippen molar-refractivity contribution in [2.45, 2.75) is 25.1 Å². The number of alkyl halides is 3. The molecule has 0 saturated carbocycles.